The van der Waals surface area contributed by atoms with Crippen molar-refractivity contribution in [3.8, 4) is 17.0 Å². The smallest absolute Gasteiger partial charge is 0.254 e. The standard InChI is InChI=1S/C22H19ClN4O3/c1-30-17-4-2-3-14(9-17)11-25-20(28)13-27-12-16-6-5-15(10-18(16)21(27)29)19-7-8-24-22(23)26-19/h2-10H,11-13H2,1H3,(H,25,28). The average molecular weight is 423 g/mol. The van der Waals surface area contributed by atoms with E-state index in [-0.39, 0.29) is 23.6 Å². The number of hydrogen-bond donors (Lipinski definition) is 1. The molecule has 0 fully saturated rings. The van der Waals surface area contributed by atoms with Gasteiger partial charge in [-0.1, -0.05) is 24.3 Å². The molecule has 0 aliphatic carbocycles. The Kier molecular flexibility index (Phi) is 5.63. The van der Waals surface area contributed by atoms with Gasteiger partial charge in [0.25, 0.3) is 5.91 Å². The molecule has 0 radical (unpaired) electrons. The molecule has 2 heterocycles. The summed E-state index contributed by atoms with van der Waals surface area (Å²) in [5.41, 5.74) is 3.79. The summed E-state index contributed by atoms with van der Waals surface area (Å²) >= 11 is 5.86. The highest BCUT2D eigenvalue weighted by Crippen LogP contribution is 2.28. The number of nitrogens with one attached hydrogen (secondary N) is 1. The highest BCUT2D eigenvalue weighted by atomic mass is 35.5. The quantitative estimate of drug-likeness (QED) is 0.617. The predicted octanol–water partition coefficient (Wildman–Crippen LogP) is 3.08. The minimum Gasteiger partial charge on any atom is -0.497 e. The largest absolute Gasteiger partial charge is 0.497 e. The molecule has 0 spiro atoms. The zero-order chi connectivity index (χ0) is 21.1. The second kappa shape index (κ2) is 8.51. The number of amides is 2. The molecule has 3 aromatic rings. The Morgan fingerprint density at radius 1 is 1.23 bits per heavy atom. The normalized spacial score (nSPS) is 12.6. The average Bonchev–Trinajstić information content (AvgIpc) is 3.07. The summed E-state index contributed by atoms with van der Waals surface area (Å²) in [6, 6.07) is 14.8. The second-order valence-electron chi connectivity index (χ2n) is 6.87. The monoisotopic (exact) mass is 422 g/mol. The lowest BCUT2D eigenvalue weighted by Gasteiger charge is -2.15. The van der Waals surface area contributed by atoms with Crippen LogP contribution in [0.4, 0.5) is 0 Å². The van der Waals surface area contributed by atoms with E-state index in [1.165, 1.54) is 4.90 Å². The van der Waals surface area contributed by atoms with Crippen LogP contribution in [0.2, 0.25) is 5.28 Å². The van der Waals surface area contributed by atoms with Crippen LogP contribution in [0.15, 0.2) is 54.7 Å². The van der Waals surface area contributed by atoms with Crippen molar-refractivity contribution in [2.75, 3.05) is 13.7 Å². The molecule has 0 saturated heterocycles. The van der Waals surface area contributed by atoms with Gasteiger partial charge in [-0.25, -0.2) is 9.97 Å². The first-order valence-electron chi connectivity index (χ1n) is 9.34. The van der Waals surface area contributed by atoms with Crippen molar-refractivity contribution in [2.24, 2.45) is 0 Å². The maximum atomic E-state index is 12.8. The predicted molar refractivity (Wildman–Crippen MR) is 112 cm³/mol. The molecule has 1 aliphatic heterocycles. The van der Waals surface area contributed by atoms with Gasteiger partial charge in [0, 0.05) is 30.4 Å². The van der Waals surface area contributed by atoms with Crippen LogP contribution in [0.3, 0.4) is 0 Å². The number of aromatic nitrogens is 2. The lowest BCUT2D eigenvalue weighted by atomic mass is 10.0. The Morgan fingerprint density at radius 2 is 2.10 bits per heavy atom. The molecule has 0 bridgehead atoms. The van der Waals surface area contributed by atoms with E-state index in [2.05, 4.69) is 15.3 Å². The van der Waals surface area contributed by atoms with E-state index >= 15 is 0 Å². The summed E-state index contributed by atoms with van der Waals surface area (Å²) in [5.74, 6) is 0.331. The summed E-state index contributed by atoms with van der Waals surface area (Å²) in [6.45, 7) is 0.751. The molecule has 152 valence electrons. The van der Waals surface area contributed by atoms with Gasteiger partial charge >= 0.3 is 0 Å². The summed E-state index contributed by atoms with van der Waals surface area (Å²) in [4.78, 5) is 34.8. The van der Waals surface area contributed by atoms with Gasteiger partial charge in [0.1, 0.15) is 12.3 Å². The van der Waals surface area contributed by atoms with E-state index in [9.17, 15) is 9.59 Å². The second-order valence-corrected chi connectivity index (χ2v) is 7.21. The molecule has 1 N–H and O–H groups in total. The van der Waals surface area contributed by atoms with Crippen molar-refractivity contribution in [2.45, 2.75) is 13.1 Å². The van der Waals surface area contributed by atoms with Gasteiger partial charge < -0.3 is 15.0 Å². The summed E-state index contributed by atoms with van der Waals surface area (Å²) in [5, 5.41) is 2.99. The molecule has 1 aromatic heterocycles. The number of rotatable bonds is 6. The fraction of sp³-hybridized carbons (Fsp3) is 0.182. The number of benzene rings is 2. The Bertz CT molecular complexity index is 1120. The van der Waals surface area contributed by atoms with Gasteiger partial charge in [-0.2, -0.15) is 0 Å². The minimum absolute atomic E-state index is 0.00779. The van der Waals surface area contributed by atoms with E-state index in [1.807, 2.05) is 36.4 Å². The maximum absolute atomic E-state index is 12.8. The number of ether oxygens (including phenoxy) is 1. The number of carbonyl (C=O) groups excluding carboxylic acids is 2. The van der Waals surface area contributed by atoms with E-state index < -0.39 is 0 Å². The highest BCUT2D eigenvalue weighted by Gasteiger charge is 2.29. The maximum Gasteiger partial charge on any atom is 0.254 e. The number of fused-ring (bicyclic) bond motifs is 1. The van der Waals surface area contributed by atoms with Gasteiger partial charge in [-0.3, -0.25) is 9.59 Å². The van der Waals surface area contributed by atoms with Crippen LogP contribution in [-0.2, 0) is 17.9 Å². The Labute approximate surface area is 178 Å². The SMILES string of the molecule is COc1cccc(CNC(=O)CN2Cc3ccc(-c4ccnc(Cl)n4)cc3C2=O)c1. The molecule has 2 aromatic carbocycles. The lowest BCUT2D eigenvalue weighted by molar-refractivity contribution is -0.122. The zero-order valence-corrected chi connectivity index (χ0v) is 17.0. The number of halogens is 1. The molecule has 8 heteroatoms. The molecule has 30 heavy (non-hydrogen) atoms. The Balaban J connectivity index is 1.40. The molecule has 0 saturated carbocycles. The molecule has 1 aliphatic rings. The van der Waals surface area contributed by atoms with Gasteiger partial charge in [0.05, 0.1) is 12.8 Å². The third kappa shape index (κ3) is 4.26. The summed E-state index contributed by atoms with van der Waals surface area (Å²) in [7, 11) is 1.60. The third-order valence-electron chi connectivity index (χ3n) is 4.87. The lowest BCUT2D eigenvalue weighted by Crippen LogP contribution is -2.37. The minimum atomic E-state index is -0.221. The van der Waals surface area contributed by atoms with Gasteiger partial charge in [-0.05, 0) is 47.0 Å². The molecule has 2 amide bonds. The van der Waals surface area contributed by atoms with Crippen molar-refractivity contribution in [1.29, 1.82) is 0 Å². The number of nitrogens with zero attached hydrogens (tertiary/aromatic N) is 3. The van der Waals surface area contributed by atoms with Crippen LogP contribution in [0, 0.1) is 0 Å². The fourth-order valence-electron chi connectivity index (χ4n) is 3.36. The summed E-state index contributed by atoms with van der Waals surface area (Å²) < 4.78 is 5.19. The third-order valence-corrected chi connectivity index (χ3v) is 5.05. The van der Waals surface area contributed by atoms with Crippen molar-refractivity contribution in [3.63, 3.8) is 0 Å². The molecule has 0 unspecified atom stereocenters. The van der Waals surface area contributed by atoms with E-state index in [4.69, 9.17) is 16.3 Å². The van der Waals surface area contributed by atoms with Crippen LogP contribution in [-0.4, -0.2) is 40.3 Å². The first kappa shape index (κ1) is 19.8. The van der Waals surface area contributed by atoms with Crippen LogP contribution in [0.1, 0.15) is 21.5 Å². The van der Waals surface area contributed by atoms with Crippen LogP contribution in [0.25, 0.3) is 11.3 Å². The van der Waals surface area contributed by atoms with E-state index in [0.29, 0.717) is 24.3 Å². The number of carbonyl (C=O) groups is 2. The molecule has 4 rings (SSSR count). The van der Waals surface area contributed by atoms with Crippen molar-refractivity contribution < 1.29 is 14.3 Å². The van der Waals surface area contributed by atoms with Crippen LogP contribution >= 0.6 is 11.6 Å². The Morgan fingerprint density at radius 3 is 2.90 bits per heavy atom. The van der Waals surface area contributed by atoms with E-state index in [0.717, 1.165) is 22.4 Å². The zero-order valence-electron chi connectivity index (χ0n) is 16.3. The molecule has 7 nitrogen and oxygen atoms in total. The molecule has 0 atom stereocenters. The van der Waals surface area contributed by atoms with Crippen LogP contribution in [0.5, 0.6) is 5.75 Å². The number of methoxy groups -OCH3 is 1. The van der Waals surface area contributed by atoms with Gasteiger partial charge in [-0.15, -0.1) is 0 Å². The van der Waals surface area contributed by atoms with E-state index in [1.54, 1.807) is 25.4 Å². The first-order valence-corrected chi connectivity index (χ1v) is 9.72. The fourth-order valence-corrected chi connectivity index (χ4v) is 3.50. The topological polar surface area (TPSA) is 84.4 Å². The molecular formula is C22H19ClN4O3. The first-order chi connectivity index (χ1) is 14.5. The van der Waals surface area contributed by atoms with Crippen molar-refractivity contribution in [3.05, 3.63) is 76.7 Å². The van der Waals surface area contributed by atoms with Crippen molar-refractivity contribution >= 4 is 23.4 Å². The number of hydrogen-bond acceptors (Lipinski definition) is 5. The highest BCUT2D eigenvalue weighted by molar-refractivity contribution is 6.28. The van der Waals surface area contributed by atoms with Gasteiger partial charge in [0.2, 0.25) is 11.2 Å². The Hall–Kier alpha value is -3.45. The molecular weight excluding hydrogens is 404 g/mol. The van der Waals surface area contributed by atoms with Crippen molar-refractivity contribution in [1.82, 2.24) is 20.2 Å². The van der Waals surface area contributed by atoms with Gasteiger partial charge in [0.15, 0.2) is 0 Å². The summed E-state index contributed by atoms with van der Waals surface area (Å²) in [6.07, 6.45) is 1.57. The van der Waals surface area contributed by atoms with Crippen LogP contribution < -0.4 is 10.1 Å².